The third-order valence-corrected chi connectivity index (χ3v) is 4.45. The maximum Gasteiger partial charge on any atom is 0.170 e. The van der Waals surface area contributed by atoms with Crippen LogP contribution in [0, 0.1) is 0 Å². The van der Waals surface area contributed by atoms with Crippen LogP contribution < -0.4 is 0 Å². The van der Waals surface area contributed by atoms with E-state index in [1.54, 1.807) is 0 Å². The summed E-state index contributed by atoms with van der Waals surface area (Å²) in [6.45, 7) is 7.39. The third kappa shape index (κ3) is 3.23. The van der Waals surface area contributed by atoms with Gasteiger partial charge in [-0.05, 0) is 59.7 Å². The molecule has 0 spiro atoms. The van der Waals surface area contributed by atoms with Gasteiger partial charge in [0.15, 0.2) is 6.29 Å². The van der Waals surface area contributed by atoms with Gasteiger partial charge in [0.05, 0.1) is 12.6 Å². The number of hydrogen-bond donors (Lipinski definition) is 1. The smallest absolute Gasteiger partial charge is 0.170 e. The van der Waals surface area contributed by atoms with Crippen LogP contribution in [0.4, 0.5) is 0 Å². The number of aliphatic hydroxyl groups is 1. The molecule has 106 valence electrons. The molecule has 4 heteroatoms. The van der Waals surface area contributed by atoms with Gasteiger partial charge < -0.3 is 9.84 Å². The van der Waals surface area contributed by atoms with Crippen LogP contribution in [-0.2, 0) is 4.74 Å². The standard InChI is InChI=1S/C14H28N2O2/c1-11(2)16-9-4-6-12(16)10-18-14(17)13-7-5-8-15(13)3/h11-14,17H,4-10H2,1-3H3. The minimum Gasteiger partial charge on any atom is -0.367 e. The Labute approximate surface area is 111 Å². The molecular weight excluding hydrogens is 228 g/mol. The molecule has 2 saturated heterocycles. The summed E-state index contributed by atoms with van der Waals surface area (Å²) < 4.78 is 5.73. The molecule has 2 aliphatic heterocycles. The van der Waals surface area contributed by atoms with Crippen molar-refractivity contribution in [2.75, 3.05) is 26.7 Å². The van der Waals surface area contributed by atoms with Crippen molar-refractivity contribution < 1.29 is 9.84 Å². The monoisotopic (exact) mass is 256 g/mol. The molecule has 18 heavy (non-hydrogen) atoms. The van der Waals surface area contributed by atoms with Gasteiger partial charge in [-0.2, -0.15) is 0 Å². The Morgan fingerprint density at radius 1 is 1.22 bits per heavy atom. The number of ether oxygens (including phenoxy) is 1. The molecule has 0 aliphatic carbocycles. The summed E-state index contributed by atoms with van der Waals surface area (Å²) in [6.07, 6.45) is 4.06. The molecule has 2 heterocycles. The van der Waals surface area contributed by atoms with Crippen molar-refractivity contribution >= 4 is 0 Å². The van der Waals surface area contributed by atoms with E-state index in [2.05, 4.69) is 30.7 Å². The summed E-state index contributed by atoms with van der Waals surface area (Å²) in [6, 6.07) is 1.26. The summed E-state index contributed by atoms with van der Waals surface area (Å²) in [4.78, 5) is 4.70. The van der Waals surface area contributed by atoms with Gasteiger partial charge in [0.1, 0.15) is 0 Å². The van der Waals surface area contributed by atoms with E-state index in [1.165, 1.54) is 25.8 Å². The molecule has 2 fully saturated rings. The average Bonchev–Trinajstić information content (AvgIpc) is 2.94. The average molecular weight is 256 g/mol. The third-order valence-electron chi connectivity index (χ3n) is 4.45. The van der Waals surface area contributed by atoms with Crippen LogP contribution >= 0.6 is 0 Å². The van der Waals surface area contributed by atoms with Crippen molar-refractivity contribution in [3.8, 4) is 0 Å². The highest BCUT2D eigenvalue weighted by Gasteiger charge is 2.31. The van der Waals surface area contributed by atoms with Crippen LogP contribution in [0.25, 0.3) is 0 Å². The topological polar surface area (TPSA) is 35.9 Å². The molecule has 0 aromatic rings. The number of hydrogen-bond acceptors (Lipinski definition) is 4. The molecule has 3 atom stereocenters. The maximum absolute atomic E-state index is 10.1. The van der Waals surface area contributed by atoms with Crippen LogP contribution in [0.1, 0.15) is 39.5 Å². The lowest BCUT2D eigenvalue weighted by Gasteiger charge is -2.30. The SMILES string of the molecule is CC(C)N1CCCC1COC(O)C1CCCN1C. The highest BCUT2D eigenvalue weighted by molar-refractivity contribution is 4.83. The van der Waals surface area contributed by atoms with Crippen LogP contribution in [0.2, 0.25) is 0 Å². The van der Waals surface area contributed by atoms with Crippen molar-refractivity contribution in [2.45, 2.75) is 63.9 Å². The predicted molar refractivity (Wildman–Crippen MR) is 72.5 cm³/mol. The highest BCUT2D eigenvalue weighted by Crippen LogP contribution is 2.23. The first-order valence-corrected chi connectivity index (χ1v) is 7.35. The lowest BCUT2D eigenvalue weighted by Crippen LogP contribution is -2.43. The Morgan fingerprint density at radius 3 is 2.56 bits per heavy atom. The van der Waals surface area contributed by atoms with E-state index in [1.807, 2.05) is 0 Å². The number of nitrogens with zero attached hydrogens (tertiary/aromatic N) is 2. The molecule has 0 bridgehead atoms. The van der Waals surface area contributed by atoms with E-state index >= 15 is 0 Å². The second kappa shape index (κ2) is 6.33. The summed E-state index contributed by atoms with van der Waals surface area (Å²) in [5.41, 5.74) is 0. The molecule has 0 aromatic carbocycles. The fraction of sp³-hybridized carbons (Fsp3) is 1.00. The zero-order chi connectivity index (χ0) is 13.1. The van der Waals surface area contributed by atoms with Crippen LogP contribution in [0.15, 0.2) is 0 Å². The van der Waals surface area contributed by atoms with Gasteiger partial charge in [-0.3, -0.25) is 9.80 Å². The Kier molecular flexibility index (Phi) is 5.01. The molecule has 2 aliphatic rings. The zero-order valence-electron chi connectivity index (χ0n) is 12.0. The van der Waals surface area contributed by atoms with Crippen molar-refractivity contribution in [1.29, 1.82) is 0 Å². The van der Waals surface area contributed by atoms with Crippen LogP contribution in [0.3, 0.4) is 0 Å². The second-order valence-electron chi connectivity index (χ2n) is 6.04. The Hall–Kier alpha value is -0.160. The zero-order valence-corrected chi connectivity index (χ0v) is 12.0. The summed E-state index contributed by atoms with van der Waals surface area (Å²) in [5.74, 6) is 0. The summed E-state index contributed by atoms with van der Waals surface area (Å²) >= 11 is 0. The molecule has 0 aromatic heterocycles. The number of likely N-dealkylation sites (tertiary alicyclic amines) is 2. The van der Waals surface area contributed by atoms with Gasteiger partial charge in [0, 0.05) is 12.1 Å². The van der Waals surface area contributed by atoms with E-state index in [0.29, 0.717) is 18.7 Å². The molecule has 2 rings (SSSR count). The number of aliphatic hydroxyl groups excluding tert-OH is 1. The Bertz CT molecular complexity index is 260. The number of rotatable bonds is 5. The normalized spacial score (nSPS) is 32.5. The highest BCUT2D eigenvalue weighted by atomic mass is 16.6. The maximum atomic E-state index is 10.1. The molecule has 0 saturated carbocycles. The van der Waals surface area contributed by atoms with Gasteiger partial charge >= 0.3 is 0 Å². The van der Waals surface area contributed by atoms with E-state index < -0.39 is 6.29 Å². The van der Waals surface area contributed by atoms with E-state index in [0.717, 1.165) is 13.0 Å². The molecular formula is C14H28N2O2. The van der Waals surface area contributed by atoms with Crippen LogP contribution in [-0.4, -0.2) is 66.1 Å². The lowest BCUT2D eigenvalue weighted by molar-refractivity contribution is -0.144. The molecule has 0 amide bonds. The van der Waals surface area contributed by atoms with E-state index in [-0.39, 0.29) is 6.04 Å². The molecule has 0 radical (unpaired) electrons. The first-order valence-electron chi connectivity index (χ1n) is 7.35. The van der Waals surface area contributed by atoms with Gasteiger partial charge in [-0.15, -0.1) is 0 Å². The predicted octanol–water partition coefficient (Wildman–Crippen LogP) is 1.29. The number of likely N-dealkylation sites (N-methyl/N-ethyl adjacent to an activating group) is 1. The van der Waals surface area contributed by atoms with Crippen LogP contribution in [0.5, 0.6) is 0 Å². The Balaban J connectivity index is 1.77. The molecule has 1 N–H and O–H groups in total. The van der Waals surface area contributed by atoms with E-state index in [4.69, 9.17) is 4.74 Å². The molecule has 3 unspecified atom stereocenters. The minimum atomic E-state index is -0.618. The van der Waals surface area contributed by atoms with Crippen molar-refractivity contribution in [1.82, 2.24) is 9.80 Å². The fourth-order valence-electron chi connectivity index (χ4n) is 3.33. The van der Waals surface area contributed by atoms with Crippen molar-refractivity contribution in [2.24, 2.45) is 0 Å². The largest absolute Gasteiger partial charge is 0.367 e. The molecule has 4 nitrogen and oxygen atoms in total. The minimum absolute atomic E-state index is 0.193. The van der Waals surface area contributed by atoms with Crippen molar-refractivity contribution in [3.05, 3.63) is 0 Å². The summed E-state index contributed by atoms with van der Waals surface area (Å²) in [7, 11) is 2.07. The fourth-order valence-corrected chi connectivity index (χ4v) is 3.33. The summed E-state index contributed by atoms with van der Waals surface area (Å²) in [5, 5.41) is 10.1. The quantitative estimate of drug-likeness (QED) is 0.752. The van der Waals surface area contributed by atoms with E-state index in [9.17, 15) is 5.11 Å². The van der Waals surface area contributed by atoms with Gasteiger partial charge in [-0.25, -0.2) is 0 Å². The second-order valence-corrected chi connectivity index (χ2v) is 6.04. The Morgan fingerprint density at radius 2 is 1.94 bits per heavy atom. The van der Waals surface area contributed by atoms with Crippen molar-refractivity contribution in [3.63, 3.8) is 0 Å². The first-order chi connectivity index (χ1) is 8.59. The van der Waals surface area contributed by atoms with Gasteiger partial charge in [0.2, 0.25) is 0 Å². The first kappa shape index (κ1) is 14.3. The van der Waals surface area contributed by atoms with Gasteiger partial charge in [0.25, 0.3) is 0 Å². The lowest BCUT2D eigenvalue weighted by atomic mass is 10.2. The van der Waals surface area contributed by atoms with Gasteiger partial charge in [-0.1, -0.05) is 0 Å².